The molecule has 1 N–H and O–H groups in total. The molecule has 138 valence electrons. The first-order valence-corrected chi connectivity index (χ1v) is 8.67. The predicted molar refractivity (Wildman–Crippen MR) is 99.7 cm³/mol. The second kappa shape index (κ2) is 8.94. The van der Waals surface area contributed by atoms with Gasteiger partial charge in [0.2, 0.25) is 0 Å². The molecule has 0 saturated heterocycles. The highest BCUT2D eigenvalue weighted by molar-refractivity contribution is 5.93. The van der Waals surface area contributed by atoms with Crippen molar-refractivity contribution in [1.82, 2.24) is 14.9 Å². The third kappa shape index (κ3) is 4.78. The number of hydrogen-bond donors (Lipinski definition) is 1. The van der Waals surface area contributed by atoms with Gasteiger partial charge in [-0.15, -0.1) is 0 Å². The number of rotatable bonds is 7. The van der Waals surface area contributed by atoms with Gasteiger partial charge in [-0.3, -0.25) is 4.79 Å². The van der Waals surface area contributed by atoms with E-state index in [0.29, 0.717) is 42.6 Å². The van der Waals surface area contributed by atoms with E-state index in [9.17, 15) is 9.59 Å². The van der Waals surface area contributed by atoms with E-state index in [1.807, 2.05) is 13.8 Å². The van der Waals surface area contributed by atoms with Crippen molar-refractivity contribution in [2.45, 2.75) is 27.7 Å². The topological polar surface area (TPSA) is 84.4 Å². The lowest BCUT2D eigenvalue weighted by Gasteiger charge is -2.18. The summed E-state index contributed by atoms with van der Waals surface area (Å²) in [5.41, 5.74) is 1.58. The first kappa shape index (κ1) is 19.4. The van der Waals surface area contributed by atoms with Gasteiger partial charge in [-0.2, -0.15) is 0 Å². The third-order valence-electron chi connectivity index (χ3n) is 3.78. The minimum atomic E-state index is -0.357. The largest absolute Gasteiger partial charge is 0.462 e. The van der Waals surface area contributed by atoms with Crippen LogP contribution in [0.25, 0.3) is 0 Å². The molecule has 0 atom stereocenters. The maximum Gasteiger partial charge on any atom is 0.338 e. The normalized spacial score (nSPS) is 10.3. The lowest BCUT2D eigenvalue weighted by atomic mass is 10.2. The molecule has 0 fully saturated rings. The number of amides is 1. The molecule has 0 spiro atoms. The lowest BCUT2D eigenvalue weighted by molar-refractivity contribution is 0.0526. The maximum atomic E-state index is 12.5. The summed E-state index contributed by atoms with van der Waals surface area (Å²) in [6.07, 6.45) is 0. The molecule has 0 aliphatic rings. The Kier molecular flexibility index (Phi) is 6.66. The number of esters is 1. The van der Waals surface area contributed by atoms with Crippen LogP contribution in [0.5, 0.6) is 0 Å². The van der Waals surface area contributed by atoms with Crippen molar-refractivity contribution in [3.8, 4) is 0 Å². The summed E-state index contributed by atoms with van der Waals surface area (Å²) >= 11 is 0. The number of carbonyl (C=O) groups is 2. The number of nitrogens with zero attached hydrogens (tertiary/aromatic N) is 3. The number of ether oxygens (including phenoxy) is 1. The van der Waals surface area contributed by atoms with Gasteiger partial charge in [-0.1, -0.05) is 0 Å². The molecule has 0 saturated carbocycles. The van der Waals surface area contributed by atoms with Crippen molar-refractivity contribution >= 4 is 23.4 Å². The zero-order chi connectivity index (χ0) is 19.1. The fourth-order valence-corrected chi connectivity index (χ4v) is 2.47. The third-order valence-corrected chi connectivity index (χ3v) is 3.78. The minimum Gasteiger partial charge on any atom is -0.462 e. The van der Waals surface area contributed by atoms with Crippen LogP contribution in [-0.2, 0) is 4.74 Å². The standard InChI is InChI=1S/C19H24N4O3/c1-5-23(6-2)18(24)16-12-17(21-13(4)20-16)22-15-10-8-14(9-11-15)19(25)26-7-3/h8-12H,5-7H2,1-4H3,(H,20,21,22). The highest BCUT2D eigenvalue weighted by Gasteiger charge is 2.16. The quantitative estimate of drug-likeness (QED) is 0.767. The highest BCUT2D eigenvalue weighted by atomic mass is 16.5. The van der Waals surface area contributed by atoms with Crippen LogP contribution in [-0.4, -0.2) is 46.4 Å². The monoisotopic (exact) mass is 356 g/mol. The van der Waals surface area contributed by atoms with Gasteiger partial charge in [-0.05, 0) is 52.0 Å². The second-order valence-electron chi connectivity index (χ2n) is 5.59. The number of carbonyl (C=O) groups excluding carboxylic acids is 2. The molecule has 0 radical (unpaired) electrons. The van der Waals surface area contributed by atoms with E-state index in [2.05, 4.69) is 15.3 Å². The maximum absolute atomic E-state index is 12.5. The van der Waals surface area contributed by atoms with Crippen LogP contribution in [0.4, 0.5) is 11.5 Å². The Labute approximate surface area is 153 Å². The lowest BCUT2D eigenvalue weighted by Crippen LogP contribution is -2.31. The van der Waals surface area contributed by atoms with Gasteiger partial charge in [0.25, 0.3) is 5.91 Å². The van der Waals surface area contributed by atoms with Crippen LogP contribution in [0.1, 0.15) is 47.4 Å². The number of anilines is 2. The van der Waals surface area contributed by atoms with Crippen molar-refractivity contribution in [1.29, 1.82) is 0 Å². The van der Waals surface area contributed by atoms with Gasteiger partial charge in [0.1, 0.15) is 17.3 Å². The molecule has 1 amide bonds. The molecule has 26 heavy (non-hydrogen) atoms. The number of aryl methyl sites for hydroxylation is 1. The average Bonchev–Trinajstić information content (AvgIpc) is 2.63. The summed E-state index contributed by atoms with van der Waals surface area (Å²) in [5, 5.41) is 3.14. The van der Waals surface area contributed by atoms with Gasteiger partial charge in [0.15, 0.2) is 0 Å². The first-order valence-electron chi connectivity index (χ1n) is 8.67. The van der Waals surface area contributed by atoms with Crippen LogP contribution in [0.2, 0.25) is 0 Å². The summed E-state index contributed by atoms with van der Waals surface area (Å²) in [4.78, 5) is 34.5. The van der Waals surface area contributed by atoms with Crippen LogP contribution in [0, 0.1) is 6.92 Å². The van der Waals surface area contributed by atoms with Crippen LogP contribution < -0.4 is 5.32 Å². The van der Waals surface area contributed by atoms with Crippen LogP contribution >= 0.6 is 0 Å². The van der Waals surface area contributed by atoms with Gasteiger partial charge < -0.3 is 15.0 Å². The van der Waals surface area contributed by atoms with E-state index in [0.717, 1.165) is 5.69 Å². The zero-order valence-corrected chi connectivity index (χ0v) is 15.6. The Bertz CT molecular complexity index is 771. The molecule has 7 heteroatoms. The summed E-state index contributed by atoms with van der Waals surface area (Å²) in [6, 6.07) is 8.50. The summed E-state index contributed by atoms with van der Waals surface area (Å²) in [5.74, 6) is 0.552. The van der Waals surface area contributed by atoms with E-state index in [-0.39, 0.29) is 11.9 Å². The van der Waals surface area contributed by atoms with Crippen molar-refractivity contribution in [2.24, 2.45) is 0 Å². The molecular formula is C19H24N4O3. The predicted octanol–water partition coefficient (Wildman–Crippen LogP) is 3.19. The van der Waals surface area contributed by atoms with E-state index < -0.39 is 0 Å². The zero-order valence-electron chi connectivity index (χ0n) is 15.6. The van der Waals surface area contributed by atoms with Gasteiger partial charge >= 0.3 is 5.97 Å². The number of benzene rings is 1. The first-order chi connectivity index (χ1) is 12.5. The number of hydrogen-bond acceptors (Lipinski definition) is 6. The molecule has 0 unspecified atom stereocenters. The van der Waals surface area contributed by atoms with E-state index in [1.54, 1.807) is 49.1 Å². The molecule has 2 rings (SSSR count). The minimum absolute atomic E-state index is 0.124. The van der Waals surface area contributed by atoms with E-state index >= 15 is 0 Å². The fourth-order valence-electron chi connectivity index (χ4n) is 2.47. The molecule has 0 aliphatic heterocycles. The highest BCUT2D eigenvalue weighted by Crippen LogP contribution is 2.17. The Balaban J connectivity index is 2.19. The average molecular weight is 356 g/mol. The van der Waals surface area contributed by atoms with Crippen LogP contribution in [0.15, 0.2) is 30.3 Å². The molecule has 1 heterocycles. The summed E-state index contributed by atoms with van der Waals surface area (Å²) < 4.78 is 4.97. The van der Waals surface area contributed by atoms with Gasteiger partial charge in [0.05, 0.1) is 12.2 Å². The Hall–Kier alpha value is -2.96. The molecule has 2 aromatic rings. The molecule has 1 aromatic heterocycles. The molecule has 0 aliphatic carbocycles. The summed E-state index contributed by atoms with van der Waals surface area (Å²) in [7, 11) is 0. The molecular weight excluding hydrogens is 332 g/mol. The molecule has 7 nitrogen and oxygen atoms in total. The van der Waals surface area contributed by atoms with Crippen LogP contribution in [0.3, 0.4) is 0 Å². The van der Waals surface area contributed by atoms with Crippen molar-refractivity contribution in [3.05, 3.63) is 47.4 Å². The Morgan fingerprint density at radius 2 is 1.73 bits per heavy atom. The van der Waals surface area contributed by atoms with E-state index in [1.165, 1.54) is 0 Å². The van der Waals surface area contributed by atoms with Crippen molar-refractivity contribution in [3.63, 3.8) is 0 Å². The van der Waals surface area contributed by atoms with Gasteiger partial charge in [-0.25, -0.2) is 14.8 Å². The molecule has 1 aromatic carbocycles. The van der Waals surface area contributed by atoms with Crippen molar-refractivity contribution < 1.29 is 14.3 Å². The number of nitrogens with one attached hydrogen (secondary N) is 1. The van der Waals surface area contributed by atoms with Crippen molar-refractivity contribution in [2.75, 3.05) is 25.0 Å². The smallest absolute Gasteiger partial charge is 0.338 e. The summed E-state index contributed by atoms with van der Waals surface area (Å²) in [6.45, 7) is 8.95. The van der Waals surface area contributed by atoms with E-state index in [4.69, 9.17) is 4.74 Å². The SMILES string of the molecule is CCOC(=O)c1ccc(Nc2cc(C(=O)N(CC)CC)nc(C)n2)cc1. The van der Waals surface area contributed by atoms with Gasteiger partial charge in [0, 0.05) is 24.8 Å². The Morgan fingerprint density at radius 3 is 2.31 bits per heavy atom. The number of aromatic nitrogens is 2. The molecule has 0 bridgehead atoms. The Morgan fingerprint density at radius 1 is 1.08 bits per heavy atom. The fraction of sp³-hybridized carbons (Fsp3) is 0.368. The second-order valence-corrected chi connectivity index (χ2v) is 5.59.